The minimum Gasteiger partial charge on any atom is -0.323 e. The number of halogens is 2. The van der Waals surface area contributed by atoms with Gasteiger partial charge in [-0.1, -0.05) is 27.5 Å². The molecular formula is C10H8BrClN4O. The molecule has 1 N–H and O–H groups in total. The Hall–Kier alpha value is -1.40. The van der Waals surface area contributed by atoms with E-state index >= 15 is 0 Å². The molecule has 88 valence electrons. The molecule has 7 heteroatoms. The number of amides is 1. The highest BCUT2D eigenvalue weighted by molar-refractivity contribution is 9.10. The molecule has 0 saturated heterocycles. The van der Waals surface area contributed by atoms with Gasteiger partial charge in [-0.05, 0) is 18.2 Å². The molecule has 0 fully saturated rings. The number of nitrogens with one attached hydrogen (secondary N) is 1. The number of carbonyl (C=O) groups excluding carboxylic acids is 1. The van der Waals surface area contributed by atoms with Crippen LogP contribution in [0.3, 0.4) is 0 Å². The van der Waals surface area contributed by atoms with E-state index in [0.717, 1.165) is 4.47 Å². The average Bonchev–Trinajstić information content (AvgIpc) is 2.76. The third kappa shape index (κ3) is 3.28. The summed E-state index contributed by atoms with van der Waals surface area (Å²) in [4.78, 5) is 15.4. The second-order valence-corrected chi connectivity index (χ2v) is 4.59. The minimum absolute atomic E-state index is 0.100. The molecule has 0 saturated carbocycles. The number of rotatable bonds is 3. The van der Waals surface area contributed by atoms with E-state index in [4.69, 9.17) is 11.6 Å². The van der Waals surface area contributed by atoms with Crippen molar-refractivity contribution in [1.82, 2.24) is 14.8 Å². The molecule has 0 radical (unpaired) electrons. The van der Waals surface area contributed by atoms with Gasteiger partial charge in [0, 0.05) is 4.47 Å². The Balaban J connectivity index is 2.05. The van der Waals surface area contributed by atoms with Gasteiger partial charge in [0.05, 0.1) is 10.7 Å². The summed E-state index contributed by atoms with van der Waals surface area (Å²) in [5.41, 5.74) is 0.561. The maximum atomic E-state index is 11.7. The Morgan fingerprint density at radius 2 is 2.35 bits per heavy atom. The van der Waals surface area contributed by atoms with Crippen LogP contribution in [0, 0.1) is 0 Å². The third-order valence-electron chi connectivity index (χ3n) is 1.97. The predicted octanol–water partition coefficient (Wildman–Crippen LogP) is 2.33. The smallest absolute Gasteiger partial charge is 0.246 e. The van der Waals surface area contributed by atoms with Gasteiger partial charge in [0.1, 0.15) is 19.2 Å². The van der Waals surface area contributed by atoms with Crippen molar-refractivity contribution in [3.05, 3.63) is 40.3 Å². The summed E-state index contributed by atoms with van der Waals surface area (Å²) < 4.78 is 2.28. The fourth-order valence-electron chi connectivity index (χ4n) is 1.24. The lowest BCUT2D eigenvalue weighted by Crippen LogP contribution is -2.19. The van der Waals surface area contributed by atoms with E-state index in [1.165, 1.54) is 17.3 Å². The fourth-order valence-corrected chi connectivity index (χ4v) is 1.77. The number of anilines is 1. The van der Waals surface area contributed by atoms with Crippen molar-refractivity contribution in [3.63, 3.8) is 0 Å². The molecule has 0 aliphatic heterocycles. The summed E-state index contributed by atoms with van der Waals surface area (Å²) in [7, 11) is 0. The molecule has 1 heterocycles. The number of hydrogen-bond acceptors (Lipinski definition) is 3. The van der Waals surface area contributed by atoms with Gasteiger partial charge < -0.3 is 5.32 Å². The van der Waals surface area contributed by atoms with Gasteiger partial charge >= 0.3 is 0 Å². The van der Waals surface area contributed by atoms with Crippen LogP contribution in [0.2, 0.25) is 5.02 Å². The Bertz CT molecular complexity index is 529. The van der Waals surface area contributed by atoms with Crippen LogP contribution >= 0.6 is 27.5 Å². The van der Waals surface area contributed by atoms with Gasteiger partial charge in [-0.25, -0.2) is 9.67 Å². The summed E-state index contributed by atoms with van der Waals surface area (Å²) >= 11 is 9.26. The number of carbonyl (C=O) groups is 1. The molecule has 17 heavy (non-hydrogen) atoms. The molecule has 5 nitrogen and oxygen atoms in total. The molecule has 0 bridgehead atoms. The van der Waals surface area contributed by atoms with Crippen molar-refractivity contribution in [2.75, 3.05) is 5.32 Å². The maximum Gasteiger partial charge on any atom is 0.246 e. The van der Waals surface area contributed by atoms with E-state index in [1.807, 2.05) is 0 Å². The van der Waals surface area contributed by atoms with Crippen molar-refractivity contribution in [3.8, 4) is 0 Å². The normalized spacial score (nSPS) is 10.2. The van der Waals surface area contributed by atoms with Crippen LogP contribution < -0.4 is 5.32 Å². The second-order valence-electron chi connectivity index (χ2n) is 3.27. The lowest BCUT2D eigenvalue weighted by atomic mass is 10.3. The zero-order valence-electron chi connectivity index (χ0n) is 8.60. The van der Waals surface area contributed by atoms with Gasteiger partial charge in [0.2, 0.25) is 5.91 Å². The van der Waals surface area contributed by atoms with Crippen molar-refractivity contribution < 1.29 is 4.79 Å². The Kier molecular flexibility index (Phi) is 3.75. The van der Waals surface area contributed by atoms with Crippen molar-refractivity contribution in [1.29, 1.82) is 0 Å². The first-order valence-electron chi connectivity index (χ1n) is 4.72. The monoisotopic (exact) mass is 314 g/mol. The van der Waals surface area contributed by atoms with Crippen LogP contribution in [-0.2, 0) is 11.3 Å². The lowest BCUT2D eigenvalue weighted by Gasteiger charge is -2.07. The summed E-state index contributed by atoms with van der Waals surface area (Å²) in [5.74, 6) is -0.212. The van der Waals surface area contributed by atoms with Gasteiger partial charge in [0.15, 0.2) is 0 Å². The van der Waals surface area contributed by atoms with E-state index < -0.39 is 0 Å². The predicted molar refractivity (Wildman–Crippen MR) is 67.8 cm³/mol. The SMILES string of the molecule is O=C(Cn1cncn1)Nc1cc(Br)ccc1Cl. The fraction of sp³-hybridized carbons (Fsp3) is 0.100. The van der Waals surface area contributed by atoms with Gasteiger partial charge in [-0.3, -0.25) is 4.79 Å². The summed E-state index contributed by atoms with van der Waals surface area (Å²) in [6, 6.07) is 5.24. The van der Waals surface area contributed by atoms with Gasteiger partial charge in [-0.15, -0.1) is 0 Å². The molecule has 2 rings (SSSR count). The zero-order valence-corrected chi connectivity index (χ0v) is 10.9. The molecule has 0 spiro atoms. The van der Waals surface area contributed by atoms with Crippen LogP contribution in [0.1, 0.15) is 0 Å². The van der Waals surface area contributed by atoms with Crippen molar-refractivity contribution in [2.24, 2.45) is 0 Å². The topological polar surface area (TPSA) is 59.8 Å². The molecule has 1 aromatic carbocycles. The van der Waals surface area contributed by atoms with Crippen LogP contribution in [0.25, 0.3) is 0 Å². The Morgan fingerprint density at radius 3 is 3.06 bits per heavy atom. The first-order valence-corrected chi connectivity index (χ1v) is 5.89. The highest BCUT2D eigenvalue weighted by Gasteiger charge is 2.07. The molecule has 0 aliphatic rings. The van der Waals surface area contributed by atoms with Crippen molar-refractivity contribution >= 4 is 39.1 Å². The van der Waals surface area contributed by atoms with Gasteiger partial charge in [-0.2, -0.15) is 5.10 Å². The van der Waals surface area contributed by atoms with Crippen LogP contribution in [0.15, 0.2) is 35.3 Å². The summed E-state index contributed by atoms with van der Waals surface area (Å²) in [5, 5.41) is 7.03. The second kappa shape index (κ2) is 5.29. The summed E-state index contributed by atoms with van der Waals surface area (Å²) in [6.07, 6.45) is 2.85. The molecule has 1 amide bonds. The highest BCUT2D eigenvalue weighted by Crippen LogP contribution is 2.25. The number of aromatic nitrogens is 3. The maximum absolute atomic E-state index is 11.7. The van der Waals surface area contributed by atoms with E-state index in [2.05, 4.69) is 31.3 Å². The lowest BCUT2D eigenvalue weighted by molar-refractivity contribution is -0.116. The third-order valence-corrected chi connectivity index (χ3v) is 2.80. The highest BCUT2D eigenvalue weighted by atomic mass is 79.9. The molecule has 0 atom stereocenters. The Labute approximate surface area is 111 Å². The van der Waals surface area contributed by atoms with Crippen LogP contribution in [0.5, 0.6) is 0 Å². The molecule has 1 aromatic heterocycles. The number of benzene rings is 1. The summed E-state index contributed by atoms with van der Waals surface area (Å²) in [6.45, 7) is 0.100. The van der Waals surface area contributed by atoms with E-state index in [1.54, 1.807) is 18.2 Å². The van der Waals surface area contributed by atoms with Gasteiger partial charge in [0.25, 0.3) is 0 Å². The molecule has 0 aliphatic carbocycles. The van der Waals surface area contributed by atoms with E-state index in [-0.39, 0.29) is 12.5 Å². The number of nitrogens with zero attached hydrogens (tertiary/aromatic N) is 3. The van der Waals surface area contributed by atoms with Crippen molar-refractivity contribution in [2.45, 2.75) is 6.54 Å². The van der Waals surface area contributed by atoms with Crippen LogP contribution in [-0.4, -0.2) is 20.7 Å². The van der Waals surface area contributed by atoms with E-state index in [9.17, 15) is 4.79 Å². The standard InChI is InChI=1S/C10H8BrClN4O/c11-7-1-2-8(12)9(3-7)15-10(17)4-16-6-13-5-14-16/h1-3,5-6H,4H2,(H,15,17). The zero-order chi connectivity index (χ0) is 12.3. The largest absolute Gasteiger partial charge is 0.323 e. The minimum atomic E-state index is -0.212. The Morgan fingerprint density at radius 1 is 1.53 bits per heavy atom. The van der Waals surface area contributed by atoms with E-state index in [0.29, 0.717) is 10.7 Å². The average molecular weight is 316 g/mol. The first-order chi connectivity index (χ1) is 8.15. The van der Waals surface area contributed by atoms with Crippen LogP contribution in [0.4, 0.5) is 5.69 Å². The first kappa shape index (κ1) is 12.1. The number of hydrogen-bond donors (Lipinski definition) is 1. The molecule has 2 aromatic rings. The molecular weight excluding hydrogens is 307 g/mol. The quantitative estimate of drug-likeness (QED) is 0.945. The molecule has 0 unspecified atom stereocenters.